The molecule has 2 aromatic heterocycles. The number of hydrogen-bond acceptors (Lipinski definition) is 6. The van der Waals surface area contributed by atoms with Crippen LogP contribution >= 0.6 is 0 Å². The fourth-order valence-electron chi connectivity index (χ4n) is 2.00. The number of benzene rings is 1. The molecule has 0 aliphatic rings. The van der Waals surface area contributed by atoms with Crippen molar-refractivity contribution >= 4 is 16.9 Å². The van der Waals surface area contributed by atoms with Gasteiger partial charge in [-0.1, -0.05) is 0 Å². The number of aromatic nitrogens is 4. The molecule has 2 heterocycles. The van der Waals surface area contributed by atoms with Gasteiger partial charge in [0.1, 0.15) is 5.82 Å². The first-order valence-corrected chi connectivity index (χ1v) is 6.22. The molecule has 0 radical (unpaired) electrons. The molecule has 0 bridgehead atoms. The molecule has 20 heavy (non-hydrogen) atoms. The van der Waals surface area contributed by atoms with Gasteiger partial charge < -0.3 is 5.43 Å². The molecule has 0 fully saturated rings. The number of nitrogens with one attached hydrogen (secondary N) is 1. The highest BCUT2D eigenvalue weighted by molar-refractivity contribution is 5.79. The molecule has 100 valence electrons. The van der Waals surface area contributed by atoms with Crippen LogP contribution in [0.5, 0.6) is 0 Å². The normalized spacial score (nSPS) is 10.8. The van der Waals surface area contributed by atoms with Gasteiger partial charge in [0.15, 0.2) is 5.82 Å². The topological polar surface area (TPSA) is 89.6 Å². The third kappa shape index (κ3) is 2.06. The molecule has 0 amide bonds. The minimum Gasteiger partial charge on any atom is -0.308 e. The molecule has 0 aliphatic carbocycles. The van der Waals surface area contributed by atoms with Gasteiger partial charge in [0.2, 0.25) is 0 Å². The summed E-state index contributed by atoms with van der Waals surface area (Å²) in [6.45, 7) is 3.86. The summed E-state index contributed by atoms with van der Waals surface area (Å²) >= 11 is 0. The van der Waals surface area contributed by atoms with Crippen molar-refractivity contribution in [1.29, 1.82) is 0 Å². The summed E-state index contributed by atoms with van der Waals surface area (Å²) in [6, 6.07) is 5.76. The van der Waals surface area contributed by atoms with Crippen molar-refractivity contribution in [2.24, 2.45) is 5.84 Å². The van der Waals surface area contributed by atoms with Gasteiger partial charge in [-0.15, -0.1) is 0 Å². The average Bonchev–Trinajstić information content (AvgIpc) is 2.49. The maximum Gasteiger partial charge on any atom is 0.161 e. The Morgan fingerprint density at radius 1 is 1.00 bits per heavy atom. The second-order valence-electron chi connectivity index (χ2n) is 4.51. The molecule has 0 spiro atoms. The third-order valence-electron chi connectivity index (χ3n) is 3.25. The Balaban J connectivity index is 2.17. The molecule has 0 saturated carbocycles. The summed E-state index contributed by atoms with van der Waals surface area (Å²) in [7, 11) is 0. The second-order valence-corrected chi connectivity index (χ2v) is 4.51. The Hall–Kier alpha value is -2.60. The molecule has 0 aliphatic heterocycles. The number of rotatable bonds is 2. The summed E-state index contributed by atoms with van der Waals surface area (Å²) < 4.78 is 0. The molecule has 0 unspecified atom stereocenters. The number of fused-ring (bicyclic) bond motifs is 1. The highest BCUT2D eigenvalue weighted by Crippen LogP contribution is 2.23. The Morgan fingerprint density at radius 2 is 1.75 bits per heavy atom. The van der Waals surface area contributed by atoms with E-state index >= 15 is 0 Å². The molecule has 0 saturated heterocycles. The van der Waals surface area contributed by atoms with Crippen LogP contribution in [0, 0.1) is 13.8 Å². The lowest BCUT2D eigenvalue weighted by molar-refractivity contribution is 1.06. The molecule has 6 nitrogen and oxygen atoms in total. The summed E-state index contributed by atoms with van der Waals surface area (Å²) in [4.78, 5) is 17.5. The number of nitrogens with zero attached hydrogens (tertiary/aromatic N) is 4. The van der Waals surface area contributed by atoms with E-state index < -0.39 is 0 Å². The number of anilines is 1. The Labute approximate surface area is 116 Å². The van der Waals surface area contributed by atoms with Gasteiger partial charge in [-0.3, -0.25) is 9.97 Å². The van der Waals surface area contributed by atoms with Gasteiger partial charge in [-0.2, -0.15) is 0 Å². The van der Waals surface area contributed by atoms with Crippen molar-refractivity contribution in [1.82, 2.24) is 19.9 Å². The van der Waals surface area contributed by atoms with Crippen LogP contribution in [0.25, 0.3) is 22.4 Å². The largest absolute Gasteiger partial charge is 0.308 e. The first kappa shape index (κ1) is 12.4. The van der Waals surface area contributed by atoms with Crippen molar-refractivity contribution in [3.8, 4) is 11.4 Å². The number of hydrogen-bond donors (Lipinski definition) is 2. The summed E-state index contributed by atoms with van der Waals surface area (Å²) in [5.74, 6) is 6.74. The van der Waals surface area contributed by atoms with Gasteiger partial charge in [0.05, 0.1) is 11.0 Å². The van der Waals surface area contributed by atoms with Crippen LogP contribution in [0.3, 0.4) is 0 Å². The van der Waals surface area contributed by atoms with Crippen LogP contribution < -0.4 is 11.3 Å². The Kier molecular flexibility index (Phi) is 3.00. The van der Waals surface area contributed by atoms with Crippen LogP contribution in [-0.2, 0) is 0 Å². The van der Waals surface area contributed by atoms with E-state index in [0.717, 1.165) is 27.9 Å². The molecule has 6 heteroatoms. The van der Waals surface area contributed by atoms with Gasteiger partial charge in [-0.25, -0.2) is 15.8 Å². The number of hydrazine groups is 1. The fourth-order valence-corrected chi connectivity index (χ4v) is 2.00. The van der Waals surface area contributed by atoms with Gasteiger partial charge in [-0.05, 0) is 32.0 Å². The number of nitrogen functional groups attached to an aromatic ring is 1. The molecular weight excluding hydrogens is 252 g/mol. The summed E-state index contributed by atoms with van der Waals surface area (Å²) in [6.07, 6.45) is 3.34. The van der Waals surface area contributed by atoms with E-state index in [-0.39, 0.29) is 0 Å². The van der Waals surface area contributed by atoms with Gasteiger partial charge in [0, 0.05) is 29.2 Å². The number of aryl methyl sites for hydroxylation is 1. The maximum atomic E-state index is 5.49. The van der Waals surface area contributed by atoms with Crippen molar-refractivity contribution in [2.45, 2.75) is 13.8 Å². The smallest absolute Gasteiger partial charge is 0.161 e. The SMILES string of the molecule is Cc1nc(-c2ccc3nccnc3c2)nc(NN)c1C. The maximum absolute atomic E-state index is 5.49. The predicted molar refractivity (Wildman–Crippen MR) is 77.8 cm³/mol. The lowest BCUT2D eigenvalue weighted by Crippen LogP contribution is -2.12. The first-order valence-electron chi connectivity index (χ1n) is 6.22. The van der Waals surface area contributed by atoms with Crippen LogP contribution in [0.15, 0.2) is 30.6 Å². The van der Waals surface area contributed by atoms with Crippen molar-refractivity contribution in [3.63, 3.8) is 0 Å². The van der Waals surface area contributed by atoms with E-state index in [9.17, 15) is 0 Å². The van der Waals surface area contributed by atoms with E-state index in [2.05, 4.69) is 25.4 Å². The zero-order valence-corrected chi connectivity index (χ0v) is 11.3. The molecule has 1 aromatic carbocycles. The van der Waals surface area contributed by atoms with E-state index in [0.29, 0.717) is 11.6 Å². The first-order chi connectivity index (χ1) is 9.69. The lowest BCUT2D eigenvalue weighted by atomic mass is 10.1. The number of nitrogens with two attached hydrogens (primary N) is 1. The van der Waals surface area contributed by atoms with Crippen LogP contribution in [0.2, 0.25) is 0 Å². The second kappa shape index (κ2) is 4.82. The Bertz CT molecular complexity index is 784. The van der Waals surface area contributed by atoms with E-state index in [4.69, 9.17) is 5.84 Å². The minimum absolute atomic E-state index is 0.619. The lowest BCUT2D eigenvalue weighted by Gasteiger charge is -2.09. The molecule has 3 rings (SSSR count). The van der Waals surface area contributed by atoms with Crippen LogP contribution in [0.1, 0.15) is 11.3 Å². The summed E-state index contributed by atoms with van der Waals surface area (Å²) in [5, 5.41) is 0. The summed E-state index contributed by atoms with van der Waals surface area (Å²) in [5.41, 5.74) is 6.98. The minimum atomic E-state index is 0.619. The standard InChI is InChI=1S/C14H14N6/c1-8-9(2)18-14(19-13(8)20-15)10-3-4-11-12(7-10)17-6-5-16-11/h3-7H,15H2,1-2H3,(H,18,19,20). The van der Waals surface area contributed by atoms with E-state index in [1.807, 2.05) is 32.0 Å². The molecule has 3 aromatic rings. The van der Waals surface area contributed by atoms with Crippen molar-refractivity contribution in [3.05, 3.63) is 41.9 Å². The predicted octanol–water partition coefficient (Wildman–Crippen LogP) is 1.99. The van der Waals surface area contributed by atoms with Crippen molar-refractivity contribution < 1.29 is 0 Å². The monoisotopic (exact) mass is 266 g/mol. The van der Waals surface area contributed by atoms with Gasteiger partial charge in [0.25, 0.3) is 0 Å². The van der Waals surface area contributed by atoms with Crippen LogP contribution in [0.4, 0.5) is 5.82 Å². The zero-order valence-electron chi connectivity index (χ0n) is 11.3. The van der Waals surface area contributed by atoms with E-state index in [1.165, 1.54) is 0 Å². The van der Waals surface area contributed by atoms with Gasteiger partial charge >= 0.3 is 0 Å². The molecular formula is C14H14N6. The highest BCUT2D eigenvalue weighted by atomic mass is 15.3. The average molecular weight is 266 g/mol. The Morgan fingerprint density at radius 3 is 2.50 bits per heavy atom. The molecule has 3 N–H and O–H groups in total. The zero-order chi connectivity index (χ0) is 14.1. The highest BCUT2D eigenvalue weighted by Gasteiger charge is 2.09. The fraction of sp³-hybridized carbons (Fsp3) is 0.143. The van der Waals surface area contributed by atoms with E-state index in [1.54, 1.807) is 12.4 Å². The quantitative estimate of drug-likeness (QED) is 0.544. The molecule has 0 atom stereocenters. The van der Waals surface area contributed by atoms with Crippen LogP contribution in [-0.4, -0.2) is 19.9 Å². The third-order valence-corrected chi connectivity index (χ3v) is 3.25. The van der Waals surface area contributed by atoms with Crippen molar-refractivity contribution in [2.75, 3.05) is 5.43 Å².